The molecule has 0 saturated heterocycles. The van der Waals surface area contributed by atoms with Crippen LogP contribution in [0, 0.1) is 11.8 Å². The zero-order chi connectivity index (χ0) is 15.1. The van der Waals surface area contributed by atoms with Crippen molar-refractivity contribution in [1.82, 2.24) is 5.32 Å². The predicted molar refractivity (Wildman–Crippen MR) is 84.4 cm³/mol. The summed E-state index contributed by atoms with van der Waals surface area (Å²) >= 11 is 0. The number of amides is 1. The largest absolute Gasteiger partial charge is 0.494 e. The maximum absolute atomic E-state index is 12.2. The first kappa shape index (κ1) is 15.8. The van der Waals surface area contributed by atoms with Crippen LogP contribution in [-0.4, -0.2) is 25.6 Å². The lowest BCUT2D eigenvalue weighted by Crippen LogP contribution is -2.32. The van der Waals surface area contributed by atoms with Crippen LogP contribution in [-0.2, 0) is 0 Å². The Morgan fingerprint density at radius 1 is 1.38 bits per heavy atom. The van der Waals surface area contributed by atoms with Gasteiger partial charge < -0.3 is 15.8 Å². The zero-order valence-electron chi connectivity index (χ0n) is 12.8. The van der Waals surface area contributed by atoms with Crippen molar-refractivity contribution in [2.45, 2.75) is 32.6 Å². The molecule has 0 bridgehead atoms. The lowest BCUT2D eigenvalue weighted by Gasteiger charge is -2.18. The molecule has 2 unspecified atom stereocenters. The maximum atomic E-state index is 12.2. The van der Waals surface area contributed by atoms with Gasteiger partial charge in [-0.15, -0.1) is 0 Å². The summed E-state index contributed by atoms with van der Waals surface area (Å²) < 4.78 is 5.56. The molecule has 0 radical (unpaired) electrons. The predicted octanol–water partition coefficient (Wildman–Crippen LogP) is 2.58. The van der Waals surface area contributed by atoms with Crippen molar-refractivity contribution in [3.05, 3.63) is 29.8 Å². The van der Waals surface area contributed by atoms with Crippen LogP contribution in [0.1, 0.15) is 43.0 Å². The molecule has 0 aliphatic heterocycles. The van der Waals surface area contributed by atoms with Crippen molar-refractivity contribution < 1.29 is 9.53 Å². The number of nitrogens with two attached hydrogens (primary N) is 1. The minimum absolute atomic E-state index is 0.0281. The fourth-order valence-electron chi connectivity index (χ4n) is 2.97. The number of carbonyl (C=O) groups is 1. The Morgan fingerprint density at radius 3 is 2.95 bits per heavy atom. The first-order valence-corrected chi connectivity index (χ1v) is 7.95. The van der Waals surface area contributed by atoms with Gasteiger partial charge in [0.1, 0.15) is 5.75 Å². The lowest BCUT2D eigenvalue weighted by atomic mass is 9.96. The summed E-state index contributed by atoms with van der Waals surface area (Å²) in [6.45, 7) is 4.18. The monoisotopic (exact) mass is 290 g/mol. The van der Waals surface area contributed by atoms with E-state index in [1.54, 1.807) is 6.07 Å². The van der Waals surface area contributed by atoms with E-state index in [1.165, 1.54) is 19.3 Å². The van der Waals surface area contributed by atoms with Gasteiger partial charge in [-0.2, -0.15) is 0 Å². The highest BCUT2D eigenvalue weighted by Crippen LogP contribution is 2.30. The Labute approximate surface area is 127 Å². The summed E-state index contributed by atoms with van der Waals surface area (Å²) in [4.78, 5) is 12.2. The first-order chi connectivity index (χ1) is 10.2. The van der Waals surface area contributed by atoms with Crippen molar-refractivity contribution in [3.63, 3.8) is 0 Å². The summed E-state index contributed by atoms with van der Waals surface area (Å²) in [7, 11) is 0. The summed E-state index contributed by atoms with van der Waals surface area (Å²) in [5, 5.41) is 3.04. The molecule has 1 aliphatic rings. The highest BCUT2D eigenvalue weighted by atomic mass is 16.5. The highest BCUT2D eigenvalue weighted by Gasteiger charge is 2.26. The maximum Gasteiger partial charge on any atom is 0.251 e. The molecule has 0 aromatic heterocycles. The van der Waals surface area contributed by atoms with Gasteiger partial charge in [0, 0.05) is 12.1 Å². The smallest absolute Gasteiger partial charge is 0.251 e. The van der Waals surface area contributed by atoms with Gasteiger partial charge in [-0.25, -0.2) is 0 Å². The van der Waals surface area contributed by atoms with Crippen molar-refractivity contribution >= 4 is 5.91 Å². The summed E-state index contributed by atoms with van der Waals surface area (Å²) in [5.74, 6) is 1.81. The second-order valence-corrected chi connectivity index (χ2v) is 5.77. The minimum Gasteiger partial charge on any atom is -0.494 e. The van der Waals surface area contributed by atoms with Crippen LogP contribution in [0.4, 0.5) is 0 Å². The van der Waals surface area contributed by atoms with E-state index >= 15 is 0 Å². The summed E-state index contributed by atoms with van der Waals surface area (Å²) in [5.41, 5.74) is 6.44. The van der Waals surface area contributed by atoms with Gasteiger partial charge >= 0.3 is 0 Å². The van der Waals surface area contributed by atoms with Crippen molar-refractivity contribution in [2.75, 3.05) is 19.7 Å². The van der Waals surface area contributed by atoms with Crippen molar-refractivity contribution in [1.29, 1.82) is 0 Å². The Bertz CT molecular complexity index is 462. The molecular formula is C17H26N2O2. The second-order valence-electron chi connectivity index (χ2n) is 5.77. The van der Waals surface area contributed by atoms with E-state index in [-0.39, 0.29) is 5.91 Å². The number of hydrogen-bond acceptors (Lipinski definition) is 3. The average molecular weight is 290 g/mol. The SMILES string of the molecule is CCCOc1cccc(C(=O)NCC2CCCC2CN)c1. The van der Waals surface area contributed by atoms with Crippen LogP contribution in [0.2, 0.25) is 0 Å². The molecule has 1 saturated carbocycles. The van der Waals surface area contributed by atoms with Gasteiger partial charge in [0.25, 0.3) is 5.91 Å². The average Bonchev–Trinajstić information content (AvgIpc) is 2.98. The quantitative estimate of drug-likeness (QED) is 0.811. The Hall–Kier alpha value is -1.55. The third kappa shape index (κ3) is 4.46. The van der Waals surface area contributed by atoms with Crippen molar-refractivity contribution in [3.8, 4) is 5.75 Å². The minimum atomic E-state index is -0.0281. The molecule has 1 fully saturated rings. The molecule has 4 heteroatoms. The first-order valence-electron chi connectivity index (χ1n) is 7.95. The van der Waals surface area contributed by atoms with Crippen molar-refractivity contribution in [2.24, 2.45) is 17.6 Å². The van der Waals surface area contributed by atoms with Crippen LogP contribution in [0.25, 0.3) is 0 Å². The van der Waals surface area contributed by atoms with Gasteiger partial charge in [-0.1, -0.05) is 19.4 Å². The molecule has 2 atom stereocenters. The van der Waals surface area contributed by atoms with Gasteiger partial charge in [0.2, 0.25) is 0 Å². The van der Waals surface area contributed by atoms with Crippen LogP contribution in [0.3, 0.4) is 0 Å². The molecule has 0 spiro atoms. The summed E-state index contributed by atoms with van der Waals surface area (Å²) in [6.07, 6.45) is 4.54. The molecule has 1 aliphatic carbocycles. The molecule has 0 heterocycles. The normalized spacial score (nSPS) is 21.2. The number of carbonyl (C=O) groups excluding carboxylic acids is 1. The van der Waals surface area contributed by atoms with E-state index < -0.39 is 0 Å². The number of ether oxygens (including phenoxy) is 1. The molecule has 116 valence electrons. The number of rotatable bonds is 7. The number of nitrogens with one attached hydrogen (secondary N) is 1. The van der Waals surface area contributed by atoms with E-state index in [0.29, 0.717) is 24.0 Å². The fraction of sp³-hybridized carbons (Fsp3) is 0.588. The molecule has 2 rings (SSSR count). The highest BCUT2D eigenvalue weighted by molar-refractivity contribution is 5.94. The van der Waals surface area contributed by atoms with E-state index in [0.717, 1.165) is 25.3 Å². The van der Waals surface area contributed by atoms with Gasteiger partial charge in [0.05, 0.1) is 6.61 Å². The van der Waals surface area contributed by atoms with Crippen LogP contribution in [0.5, 0.6) is 5.75 Å². The molecule has 1 aromatic rings. The van der Waals surface area contributed by atoms with Crippen LogP contribution in [0.15, 0.2) is 24.3 Å². The Balaban J connectivity index is 1.88. The second kappa shape index (κ2) is 8.03. The lowest BCUT2D eigenvalue weighted by molar-refractivity contribution is 0.0943. The molecule has 1 aromatic carbocycles. The van der Waals surface area contributed by atoms with E-state index in [4.69, 9.17) is 10.5 Å². The van der Waals surface area contributed by atoms with Gasteiger partial charge in [0.15, 0.2) is 0 Å². The van der Waals surface area contributed by atoms with E-state index in [1.807, 2.05) is 18.2 Å². The van der Waals surface area contributed by atoms with E-state index in [9.17, 15) is 4.79 Å². The fourth-order valence-corrected chi connectivity index (χ4v) is 2.97. The molecule has 4 nitrogen and oxygen atoms in total. The number of hydrogen-bond donors (Lipinski definition) is 2. The third-order valence-corrected chi connectivity index (χ3v) is 4.21. The Kier molecular flexibility index (Phi) is 6.05. The third-order valence-electron chi connectivity index (χ3n) is 4.21. The topological polar surface area (TPSA) is 64.3 Å². The molecule has 3 N–H and O–H groups in total. The van der Waals surface area contributed by atoms with Crippen LogP contribution >= 0.6 is 0 Å². The van der Waals surface area contributed by atoms with Gasteiger partial charge in [-0.05, 0) is 55.8 Å². The van der Waals surface area contributed by atoms with E-state index in [2.05, 4.69) is 12.2 Å². The molecule has 1 amide bonds. The van der Waals surface area contributed by atoms with Crippen LogP contribution < -0.4 is 15.8 Å². The van der Waals surface area contributed by atoms with Gasteiger partial charge in [-0.3, -0.25) is 4.79 Å². The number of benzene rings is 1. The summed E-state index contributed by atoms with van der Waals surface area (Å²) in [6, 6.07) is 7.37. The standard InChI is InChI=1S/C17H26N2O2/c1-2-9-21-16-8-4-5-13(10-16)17(20)19-12-15-7-3-6-14(15)11-18/h4-5,8,10,14-15H,2-3,6-7,9,11-12,18H2,1H3,(H,19,20). The molecular weight excluding hydrogens is 264 g/mol. The zero-order valence-corrected chi connectivity index (χ0v) is 12.8. The molecule has 21 heavy (non-hydrogen) atoms. The Morgan fingerprint density at radius 2 is 2.19 bits per heavy atom.